The van der Waals surface area contributed by atoms with Gasteiger partial charge in [-0.25, -0.2) is 0 Å². The largest absolute Gasteiger partial charge is 0.313 e. The first-order valence-electron chi connectivity index (χ1n) is 6.55. The van der Waals surface area contributed by atoms with Crippen LogP contribution in [0.15, 0.2) is 0 Å². The number of hydrogen-bond acceptors (Lipinski definition) is 1. The first-order valence-corrected chi connectivity index (χ1v) is 7.09. The summed E-state index contributed by atoms with van der Waals surface area (Å²) in [5.74, 6) is 0.833. The molecule has 0 heterocycles. The van der Waals surface area contributed by atoms with Crippen molar-refractivity contribution in [2.45, 2.75) is 64.8 Å². The minimum atomic E-state index is 0.405. The van der Waals surface area contributed by atoms with Crippen molar-refractivity contribution in [1.29, 1.82) is 0 Å². The smallest absolute Gasteiger partial charge is 0.0292 e. The fourth-order valence-corrected chi connectivity index (χ4v) is 2.96. The van der Waals surface area contributed by atoms with Crippen LogP contribution >= 0.6 is 11.6 Å². The summed E-state index contributed by atoms with van der Waals surface area (Å²) in [4.78, 5) is 0. The molecule has 0 radical (unpaired) electrons. The van der Waals surface area contributed by atoms with Crippen molar-refractivity contribution >= 4 is 11.6 Å². The first-order chi connectivity index (χ1) is 7.26. The molecule has 0 amide bonds. The Kier molecular flexibility index (Phi) is 5.99. The molecule has 15 heavy (non-hydrogen) atoms. The molecule has 1 fully saturated rings. The van der Waals surface area contributed by atoms with Crippen LogP contribution < -0.4 is 5.32 Å². The molecule has 1 saturated carbocycles. The fraction of sp³-hybridized carbons (Fsp3) is 1.00. The van der Waals surface area contributed by atoms with Gasteiger partial charge in [0.2, 0.25) is 0 Å². The summed E-state index contributed by atoms with van der Waals surface area (Å²) >= 11 is 6.17. The second-order valence-electron chi connectivity index (χ2n) is 5.09. The molecule has 1 aliphatic rings. The van der Waals surface area contributed by atoms with E-state index >= 15 is 0 Å². The Morgan fingerprint density at radius 2 is 1.73 bits per heavy atom. The predicted molar refractivity (Wildman–Crippen MR) is 68.6 cm³/mol. The molecule has 0 aromatic rings. The van der Waals surface area contributed by atoms with E-state index < -0.39 is 0 Å². The number of halogens is 1. The molecule has 0 saturated heterocycles. The van der Waals surface area contributed by atoms with E-state index in [4.69, 9.17) is 11.6 Å². The van der Waals surface area contributed by atoms with Crippen molar-refractivity contribution < 1.29 is 0 Å². The van der Waals surface area contributed by atoms with E-state index in [1.165, 1.54) is 44.9 Å². The minimum absolute atomic E-state index is 0.405. The van der Waals surface area contributed by atoms with Gasteiger partial charge in [-0.2, -0.15) is 0 Å². The normalized spacial score (nSPS) is 20.8. The third-order valence-corrected chi connectivity index (χ3v) is 4.52. The van der Waals surface area contributed by atoms with Crippen molar-refractivity contribution in [2.75, 3.05) is 12.4 Å². The maximum absolute atomic E-state index is 6.17. The SMILES string of the molecule is CCC(CC)NCC1(CCl)CCCCC1. The Hall–Kier alpha value is 0.250. The van der Waals surface area contributed by atoms with Gasteiger partial charge in [-0.1, -0.05) is 33.1 Å². The van der Waals surface area contributed by atoms with Gasteiger partial charge >= 0.3 is 0 Å². The lowest BCUT2D eigenvalue weighted by atomic mass is 9.75. The average Bonchev–Trinajstić information content (AvgIpc) is 2.31. The highest BCUT2D eigenvalue weighted by Crippen LogP contribution is 2.36. The van der Waals surface area contributed by atoms with Crippen LogP contribution in [0.5, 0.6) is 0 Å². The zero-order chi connectivity index (χ0) is 11.1. The molecular weight excluding hydrogens is 206 g/mol. The van der Waals surface area contributed by atoms with Gasteiger partial charge < -0.3 is 5.32 Å². The summed E-state index contributed by atoms with van der Waals surface area (Å²) in [5, 5.41) is 3.70. The highest BCUT2D eigenvalue weighted by molar-refractivity contribution is 6.18. The molecule has 0 spiro atoms. The second-order valence-corrected chi connectivity index (χ2v) is 5.36. The molecule has 1 nitrogen and oxygen atoms in total. The van der Waals surface area contributed by atoms with E-state index in [2.05, 4.69) is 19.2 Å². The standard InChI is InChI=1S/C13H26ClN/c1-3-12(4-2)15-11-13(10-14)8-6-5-7-9-13/h12,15H,3-11H2,1-2H3. The van der Waals surface area contributed by atoms with Crippen molar-refractivity contribution in [2.24, 2.45) is 5.41 Å². The molecule has 1 aliphatic carbocycles. The zero-order valence-electron chi connectivity index (χ0n) is 10.3. The Morgan fingerprint density at radius 3 is 2.20 bits per heavy atom. The van der Waals surface area contributed by atoms with Gasteiger partial charge in [-0.05, 0) is 31.1 Å². The van der Waals surface area contributed by atoms with E-state index in [-0.39, 0.29) is 0 Å². The molecule has 0 atom stereocenters. The third kappa shape index (κ3) is 3.96. The zero-order valence-corrected chi connectivity index (χ0v) is 11.1. The Balaban J connectivity index is 2.38. The summed E-state index contributed by atoms with van der Waals surface area (Å²) in [7, 11) is 0. The predicted octanol–water partition coefficient (Wildman–Crippen LogP) is 3.95. The number of rotatable bonds is 6. The van der Waals surface area contributed by atoms with Gasteiger partial charge in [-0.3, -0.25) is 0 Å². The molecule has 0 unspecified atom stereocenters. The van der Waals surface area contributed by atoms with Gasteiger partial charge in [-0.15, -0.1) is 11.6 Å². The van der Waals surface area contributed by atoms with E-state index in [0.29, 0.717) is 11.5 Å². The lowest BCUT2D eigenvalue weighted by Gasteiger charge is -2.37. The Labute approximate surface area is 100.0 Å². The molecule has 0 bridgehead atoms. The fourth-order valence-electron chi connectivity index (χ4n) is 2.60. The third-order valence-electron chi connectivity index (χ3n) is 3.95. The highest BCUT2D eigenvalue weighted by atomic mass is 35.5. The van der Waals surface area contributed by atoms with Gasteiger partial charge in [0.05, 0.1) is 0 Å². The van der Waals surface area contributed by atoms with Crippen LogP contribution in [0.1, 0.15) is 58.8 Å². The van der Waals surface area contributed by atoms with Gasteiger partial charge in [0.25, 0.3) is 0 Å². The van der Waals surface area contributed by atoms with Crippen molar-refractivity contribution in [3.05, 3.63) is 0 Å². The molecule has 1 rings (SSSR count). The molecule has 0 aromatic heterocycles. The Morgan fingerprint density at radius 1 is 1.13 bits per heavy atom. The van der Waals surface area contributed by atoms with Crippen molar-refractivity contribution in [3.63, 3.8) is 0 Å². The lowest BCUT2D eigenvalue weighted by Crippen LogP contribution is -2.41. The monoisotopic (exact) mass is 231 g/mol. The molecule has 0 aromatic carbocycles. The van der Waals surface area contributed by atoms with Gasteiger partial charge in [0.15, 0.2) is 0 Å². The summed E-state index contributed by atoms with van der Waals surface area (Å²) < 4.78 is 0. The van der Waals surface area contributed by atoms with Crippen LogP contribution in [-0.2, 0) is 0 Å². The minimum Gasteiger partial charge on any atom is -0.313 e. The molecular formula is C13H26ClN. The molecule has 0 aliphatic heterocycles. The van der Waals surface area contributed by atoms with E-state index in [1.807, 2.05) is 0 Å². The van der Waals surface area contributed by atoms with Gasteiger partial charge in [0, 0.05) is 18.5 Å². The van der Waals surface area contributed by atoms with Crippen molar-refractivity contribution in [1.82, 2.24) is 5.32 Å². The van der Waals surface area contributed by atoms with E-state index in [1.54, 1.807) is 0 Å². The van der Waals surface area contributed by atoms with Crippen molar-refractivity contribution in [3.8, 4) is 0 Å². The Bertz CT molecular complexity index is 160. The quantitative estimate of drug-likeness (QED) is 0.683. The second kappa shape index (κ2) is 6.75. The van der Waals surface area contributed by atoms with Crippen LogP contribution in [-0.4, -0.2) is 18.5 Å². The molecule has 2 heteroatoms. The van der Waals surface area contributed by atoms with Crippen LogP contribution in [0.3, 0.4) is 0 Å². The maximum atomic E-state index is 6.17. The maximum Gasteiger partial charge on any atom is 0.0292 e. The summed E-state index contributed by atoms with van der Waals surface area (Å²) in [6.07, 6.45) is 9.26. The topological polar surface area (TPSA) is 12.0 Å². The lowest BCUT2D eigenvalue weighted by molar-refractivity contribution is 0.203. The van der Waals surface area contributed by atoms with E-state index in [0.717, 1.165) is 12.4 Å². The summed E-state index contributed by atoms with van der Waals surface area (Å²) in [5.41, 5.74) is 0.405. The van der Waals surface area contributed by atoms with Crippen LogP contribution in [0.25, 0.3) is 0 Å². The number of alkyl halides is 1. The number of nitrogens with one attached hydrogen (secondary N) is 1. The van der Waals surface area contributed by atoms with Crippen LogP contribution in [0, 0.1) is 5.41 Å². The first kappa shape index (κ1) is 13.3. The average molecular weight is 232 g/mol. The van der Waals surface area contributed by atoms with Crippen LogP contribution in [0.2, 0.25) is 0 Å². The van der Waals surface area contributed by atoms with Gasteiger partial charge in [0.1, 0.15) is 0 Å². The van der Waals surface area contributed by atoms with Crippen LogP contribution in [0.4, 0.5) is 0 Å². The van der Waals surface area contributed by atoms with E-state index in [9.17, 15) is 0 Å². The summed E-state index contributed by atoms with van der Waals surface area (Å²) in [6, 6.07) is 0.687. The summed E-state index contributed by atoms with van der Waals surface area (Å²) in [6.45, 7) is 5.65. The molecule has 90 valence electrons. The number of hydrogen-bond donors (Lipinski definition) is 1. The highest BCUT2D eigenvalue weighted by Gasteiger charge is 2.31. The molecule has 1 N–H and O–H groups in total.